The Bertz CT molecular complexity index is 975. The molecule has 0 radical (unpaired) electrons. The summed E-state index contributed by atoms with van der Waals surface area (Å²) >= 11 is 5.92. The van der Waals surface area contributed by atoms with E-state index in [0.29, 0.717) is 22.6 Å². The summed E-state index contributed by atoms with van der Waals surface area (Å²) in [6, 6.07) is 13.0. The van der Waals surface area contributed by atoms with E-state index in [1.165, 1.54) is 0 Å². The molecule has 0 aliphatic heterocycles. The average Bonchev–Trinajstić information content (AvgIpc) is 3.23. The maximum Gasteiger partial charge on any atom is 0.251 e. The quantitative estimate of drug-likeness (QED) is 0.525. The minimum atomic E-state index is 0.412. The molecule has 0 amide bonds. The molecule has 0 saturated carbocycles. The number of hydrogen-bond acceptors (Lipinski definition) is 5. The molecular weight excluding hydrogens is 326 g/mol. The van der Waals surface area contributed by atoms with Crippen molar-refractivity contribution in [1.29, 1.82) is 0 Å². The first-order valence-electron chi connectivity index (χ1n) is 7.31. The van der Waals surface area contributed by atoms with E-state index in [4.69, 9.17) is 20.4 Å². The summed E-state index contributed by atoms with van der Waals surface area (Å²) < 4.78 is 11.6. The number of halogens is 1. The molecular formula is C18H12ClN3O2. The lowest BCUT2D eigenvalue weighted by Gasteiger charge is -1.95. The minimum Gasteiger partial charge on any atom is -0.461 e. The molecule has 4 rings (SSSR count). The van der Waals surface area contributed by atoms with Gasteiger partial charge < -0.3 is 8.83 Å². The Morgan fingerprint density at radius 2 is 1.71 bits per heavy atom. The van der Waals surface area contributed by atoms with Crippen molar-refractivity contribution in [3.05, 3.63) is 65.6 Å². The summed E-state index contributed by atoms with van der Waals surface area (Å²) in [5.41, 5.74) is 2.47. The number of benzene rings is 1. The summed E-state index contributed by atoms with van der Waals surface area (Å²) in [7, 11) is 0. The second kappa shape index (κ2) is 5.94. The number of rotatable bonds is 3. The lowest BCUT2D eigenvalue weighted by molar-refractivity contribution is 0.543. The zero-order chi connectivity index (χ0) is 16.5. The third kappa shape index (κ3) is 2.70. The normalized spacial score (nSPS) is 10.9. The lowest BCUT2D eigenvalue weighted by atomic mass is 10.1. The summed E-state index contributed by atoms with van der Waals surface area (Å²) in [6.07, 6.45) is 3.37. The molecule has 5 nitrogen and oxygen atoms in total. The molecule has 0 atom stereocenters. The van der Waals surface area contributed by atoms with Gasteiger partial charge in [-0.05, 0) is 49.4 Å². The van der Waals surface area contributed by atoms with Crippen LogP contribution in [0.2, 0.25) is 5.02 Å². The van der Waals surface area contributed by atoms with E-state index in [0.717, 1.165) is 22.5 Å². The highest BCUT2D eigenvalue weighted by molar-refractivity contribution is 6.30. The number of hydrogen-bond donors (Lipinski definition) is 0. The Hall–Kier alpha value is -2.92. The van der Waals surface area contributed by atoms with Gasteiger partial charge in [-0.2, -0.15) is 0 Å². The predicted molar refractivity (Wildman–Crippen MR) is 90.4 cm³/mol. The molecule has 3 heterocycles. The van der Waals surface area contributed by atoms with E-state index >= 15 is 0 Å². The molecule has 6 heteroatoms. The van der Waals surface area contributed by atoms with E-state index in [2.05, 4.69) is 15.2 Å². The highest BCUT2D eigenvalue weighted by Crippen LogP contribution is 2.33. The molecule has 1 aromatic carbocycles. The number of aromatic nitrogens is 3. The zero-order valence-corrected chi connectivity index (χ0v) is 13.5. The molecule has 0 saturated heterocycles. The highest BCUT2D eigenvalue weighted by Gasteiger charge is 2.17. The Kier molecular flexibility index (Phi) is 3.63. The summed E-state index contributed by atoms with van der Waals surface area (Å²) in [5.74, 6) is 2.27. The van der Waals surface area contributed by atoms with Crippen LogP contribution in [0, 0.1) is 6.92 Å². The number of nitrogens with zero attached hydrogens (tertiary/aromatic N) is 3. The first kappa shape index (κ1) is 14.7. The maximum atomic E-state index is 5.92. The molecule has 0 N–H and O–H groups in total. The molecule has 4 aromatic rings. The van der Waals surface area contributed by atoms with Crippen molar-refractivity contribution < 1.29 is 8.83 Å². The van der Waals surface area contributed by atoms with Crippen LogP contribution >= 0.6 is 11.6 Å². The third-order valence-corrected chi connectivity index (χ3v) is 3.86. The molecule has 0 bridgehead atoms. The largest absolute Gasteiger partial charge is 0.461 e. The smallest absolute Gasteiger partial charge is 0.251 e. The molecule has 118 valence electrons. The van der Waals surface area contributed by atoms with Gasteiger partial charge in [-0.3, -0.25) is 4.98 Å². The molecule has 0 unspecified atom stereocenters. The van der Waals surface area contributed by atoms with Crippen molar-refractivity contribution in [3.8, 4) is 34.2 Å². The predicted octanol–water partition coefficient (Wildman–Crippen LogP) is 5.02. The van der Waals surface area contributed by atoms with Gasteiger partial charge in [0.1, 0.15) is 11.5 Å². The van der Waals surface area contributed by atoms with Crippen LogP contribution in [-0.2, 0) is 0 Å². The van der Waals surface area contributed by atoms with E-state index in [-0.39, 0.29) is 0 Å². The standard InChI is InChI=1S/C18H12ClN3O2/c1-11-15(9-16(23-11)12-4-6-14(19)7-5-12)18-22-21-17(24-18)13-3-2-8-20-10-13/h2-10H,1H3. The van der Waals surface area contributed by atoms with E-state index in [1.54, 1.807) is 12.4 Å². The van der Waals surface area contributed by atoms with Gasteiger partial charge in [-0.25, -0.2) is 0 Å². The van der Waals surface area contributed by atoms with Gasteiger partial charge in [0.2, 0.25) is 5.89 Å². The van der Waals surface area contributed by atoms with Crippen molar-refractivity contribution in [2.45, 2.75) is 6.92 Å². The molecule has 0 spiro atoms. The Morgan fingerprint density at radius 3 is 2.46 bits per heavy atom. The van der Waals surface area contributed by atoms with Gasteiger partial charge in [0.25, 0.3) is 5.89 Å². The topological polar surface area (TPSA) is 65.0 Å². The minimum absolute atomic E-state index is 0.412. The fourth-order valence-corrected chi connectivity index (χ4v) is 2.51. The molecule has 0 aliphatic rings. The van der Waals surface area contributed by atoms with Crippen molar-refractivity contribution in [3.63, 3.8) is 0 Å². The number of aryl methyl sites for hydroxylation is 1. The Labute approximate surface area is 142 Å². The Morgan fingerprint density at radius 1 is 0.917 bits per heavy atom. The Balaban J connectivity index is 1.70. The highest BCUT2D eigenvalue weighted by atomic mass is 35.5. The van der Waals surface area contributed by atoms with Gasteiger partial charge in [0, 0.05) is 23.0 Å². The monoisotopic (exact) mass is 337 g/mol. The second-order valence-electron chi connectivity index (χ2n) is 5.24. The summed E-state index contributed by atoms with van der Waals surface area (Å²) in [4.78, 5) is 4.05. The molecule has 24 heavy (non-hydrogen) atoms. The molecule has 3 aromatic heterocycles. The van der Waals surface area contributed by atoms with E-state index < -0.39 is 0 Å². The van der Waals surface area contributed by atoms with Crippen LogP contribution in [0.25, 0.3) is 34.2 Å². The second-order valence-corrected chi connectivity index (χ2v) is 5.68. The summed E-state index contributed by atoms with van der Waals surface area (Å²) in [5, 5.41) is 8.88. The van der Waals surface area contributed by atoms with E-state index in [9.17, 15) is 0 Å². The van der Waals surface area contributed by atoms with Crippen LogP contribution in [0.4, 0.5) is 0 Å². The van der Waals surface area contributed by atoms with Crippen LogP contribution in [0.5, 0.6) is 0 Å². The molecule has 0 fully saturated rings. The van der Waals surface area contributed by atoms with E-state index in [1.807, 2.05) is 49.4 Å². The van der Waals surface area contributed by atoms with Crippen molar-refractivity contribution >= 4 is 11.6 Å². The average molecular weight is 338 g/mol. The summed E-state index contributed by atoms with van der Waals surface area (Å²) in [6.45, 7) is 1.86. The number of pyridine rings is 1. The first-order valence-corrected chi connectivity index (χ1v) is 7.69. The van der Waals surface area contributed by atoms with Gasteiger partial charge in [-0.1, -0.05) is 11.6 Å². The van der Waals surface area contributed by atoms with Crippen LogP contribution < -0.4 is 0 Å². The van der Waals surface area contributed by atoms with Crippen LogP contribution in [0.3, 0.4) is 0 Å². The first-order chi connectivity index (χ1) is 11.7. The lowest BCUT2D eigenvalue weighted by Crippen LogP contribution is -1.78. The van der Waals surface area contributed by atoms with Gasteiger partial charge in [0.15, 0.2) is 0 Å². The number of furan rings is 1. The van der Waals surface area contributed by atoms with Crippen LogP contribution in [0.15, 0.2) is 63.7 Å². The fraction of sp³-hybridized carbons (Fsp3) is 0.0556. The van der Waals surface area contributed by atoms with Crippen LogP contribution in [-0.4, -0.2) is 15.2 Å². The maximum absolute atomic E-state index is 5.92. The third-order valence-electron chi connectivity index (χ3n) is 3.61. The van der Waals surface area contributed by atoms with Gasteiger partial charge in [-0.15, -0.1) is 10.2 Å². The van der Waals surface area contributed by atoms with Crippen molar-refractivity contribution in [2.24, 2.45) is 0 Å². The van der Waals surface area contributed by atoms with Crippen molar-refractivity contribution in [1.82, 2.24) is 15.2 Å². The van der Waals surface area contributed by atoms with Crippen LogP contribution in [0.1, 0.15) is 5.76 Å². The fourth-order valence-electron chi connectivity index (χ4n) is 2.39. The van der Waals surface area contributed by atoms with Gasteiger partial charge >= 0.3 is 0 Å². The van der Waals surface area contributed by atoms with Gasteiger partial charge in [0.05, 0.1) is 11.1 Å². The zero-order valence-electron chi connectivity index (χ0n) is 12.7. The molecule has 0 aliphatic carbocycles. The SMILES string of the molecule is Cc1oc(-c2ccc(Cl)cc2)cc1-c1nnc(-c2cccnc2)o1. The van der Waals surface area contributed by atoms with Crippen molar-refractivity contribution in [2.75, 3.05) is 0 Å².